The second-order valence-corrected chi connectivity index (χ2v) is 7.57. The first-order chi connectivity index (χ1) is 8.95. The molecule has 19 heavy (non-hydrogen) atoms. The third-order valence-electron chi connectivity index (χ3n) is 3.35. The average Bonchev–Trinajstić information content (AvgIpc) is 2.37. The zero-order chi connectivity index (χ0) is 14.3. The van der Waals surface area contributed by atoms with Crippen LogP contribution in [0, 0.1) is 11.8 Å². The third-order valence-corrected chi connectivity index (χ3v) is 4.89. The maximum Gasteiger partial charge on any atom is 0.279 e. The molecule has 1 atom stereocenters. The molecular weight excluding hydrogens is 262 g/mol. The van der Waals surface area contributed by atoms with Gasteiger partial charge in [-0.3, -0.25) is 0 Å². The number of piperidine rings is 1. The van der Waals surface area contributed by atoms with E-state index < -0.39 is 10.2 Å². The molecule has 0 saturated carbocycles. The van der Waals surface area contributed by atoms with Gasteiger partial charge >= 0.3 is 0 Å². The predicted molar refractivity (Wildman–Crippen MR) is 79.2 cm³/mol. The smallest absolute Gasteiger partial charge is 0.279 e. The van der Waals surface area contributed by atoms with E-state index in [1.54, 1.807) is 4.31 Å². The maximum absolute atomic E-state index is 12.3. The van der Waals surface area contributed by atoms with Gasteiger partial charge in [0.2, 0.25) is 0 Å². The lowest BCUT2D eigenvalue weighted by Crippen LogP contribution is -2.46. The molecule has 0 bridgehead atoms. The normalized spacial score (nSPS) is 21.2. The molecule has 0 aromatic rings. The van der Waals surface area contributed by atoms with E-state index in [4.69, 9.17) is 0 Å². The summed E-state index contributed by atoms with van der Waals surface area (Å²) in [6.07, 6.45) is 3.11. The van der Waals surface area contributed by atoms with Crippen molar-refractivity contribution in [3.63, 3.8) is 0 Å². The molecule has 0 amide bonds. The summed E-state index contributed by atoms with van der Waals surface area (Å²) in [7, 11) is -3.32. The highest BCUT2D eigenvalue weighted by Crippen LogP contribution is 2.14. The summed E-state index contributed by atoms with van der Waals surface area (Å²) in [4.78, 5) is 0. The second kappa shape index (κ2) is 8.19. The molecule has 0 aromatic heterocycles. The largest absolute Gasteiger partial charge is 0.316 e. The minimum absolute atomic E-state index is 0.328. The van der Waals surface area contributed by atoms with Crippen molar-refractivity contribution in [2.24, 2.45) is 11.8 Å². The van der Waals surface area contributed by atoms with Gasteiger partial charge in [-0.25, -0.2) is 4.72 Å². The summed E-state index contributed by atoms with van der Waals surface area (Å²) < 4.78 is 28.9. The molecule has 1 rings (SSSR count). The van der Waals surface area contributed by atoms with Gasteiger partial charge in [0.1, 0.15) is 0 Å². The molecule has 5 nitrogen and oxygen atoms in total. The van der Waals surface area contributed by atoms with Gasteiger partial charge in [-0.05, 0) is 44.2 Å². The van der Waals surface area contributed by atoms with Crippen LogP contribution in [0.4, 0.5) is 0 Å². The van der Waals surface area contributed by atoms with Crippen molar-refractivity contribution in [1.82, 2.24) is 14.3 Å². The molecule has 114 valence electrons. The van der Waals surface area contributed by atoms with Crippen molar-refractivity contribution < 1.29 is 8.42 Å². The molecule has 1 unspecified atom stereocenters. The summed E-state index contributed by atoms with van der Waals surface area (Å²) in [6.45, 7) is 9.77. The quantitative estimate of drug-likeness (QED) is 0.706. The van der Waals surface area contributed by atoms with E-state index in [1.807, 2.05) is 20.8 Å². The SMILES string of the molecule is CCCN(CC1CCCNC1)S(=O)(=O)NCC(C)C. The van der Waals surface area contributed by atoms with Crippen LogP contribution in [0.5, 0.6) is 0 Å². The van der Waals surface area contributed by atoms with Crippen molar-refractivity contribution in [2.45, 2.75) is 40.0 Å². The molecule has 1 heterocycles. The van der Waals surface area contributed by atoms with Crippen molar-refractivity contribution >= 4 is 10.2 Å². The van der Waals surface area contributed by atoms with Crippen LogP contribution < -0.4 is 10.0 Å². The van der Waals surface area contributed by atoms with Crippen molar-refractivity contribution in [3.8, 4) is 0 Å². The lowest BCUT2D eigenvalue weighted by molar-refractivity contribution is 0.288. The number of rotatable bonds is 8. The Morgan fingerprint density at radius 1 is 1.42 bits per heavy atom. The minimum atomic E-state index is -3.32. The van der Waals surface area contributed by atoms with Crippen LogP contribution in [0.15, 0.2) is 0 Å². The molecule has 1 fully saturated rings. The first-order valence-corrected chi connectivity index (χ1v) is 8.85. The molecule has 0 spiro atoms. The molecule has 0 aromatic carbocycles. The predicted octanol–water partition coefficient (Wildman–Crippen LogP) is 1.19. The molecule has 1 saturated heterocycles. The summed E-state index contributed by atoms with van der Waals surface area (Å²) >= 11 is 0. The van der Waals surface area contributed by atoms with Crippen LogP contribution in [0.25, 0.3) is 0 Å². The van der Waals surface area contributed by atoms with Crippen LogP contribution in [0.1, 0.15) is 40.0 Å². The second-order valence-electron chi connectivity index (χ2n) is 5.82. The number of nitrogens with one attached hydrogen (secondary N) is 2. The summed E-state index contributed by atoms with van der Waals surface area (Å²) in [5.41, 5.74) is 0. The Kier molecular flexibility index (Phi) is 7.28. The standard InChI is InChI=1S/C13H29N3O2S/c1-4-8-16(11-13-6-5-7-14-10-13)19(17,18)15-9-12(2)3/h12-15H,4-11H2,1-3H3. The van der Waals surface area contributed by atoms with Crippen molar-refractivity contribution in [3.05, 3.63) is 0 Å². The van der Waals surface area contributed by atoms with Gasteiger partial charge in [0.15, 0.2) is 0 Å². The lowest BCUT2D eigenvalue weighted by Gasteiger charge is -2.29. The van der Waals surface area contributed by atoms with E-state index in [1.165, 1.54) is 0 Å². The zero-order valence-corrected chi connectivity index (χ0v) is 13.3. The Bertz CT molecular complexity index is 338. The van der Waals surface area contributed by atoms with Gasteiger partial charge in [0.25, 0.3) is 10.2 Å². The van der Waals surface area contributed by atoms with Crippen LogP contribution in [-0.4, -0.2) is 45.4 Å². The van der Waals surface area contributed by atoms with E-state index >= 15 is 0 Å². The monoisotopic (exact) mass is 291 g/mol. The summed E-state index contributed by atoms with van der Waals surface area (Å²) in [5.74, 6) is 0.769. The van der Waals surface area contributed by atoms with Gasteiger partial charge in [-0.15, -0.1) is 0 Å². The molecule has 0 radical (unpaired) electrons. The highest BCUT2D eigenvalue weighted by atomic mass is 32.2. The molecule has 0 aliphatic carbocycles. The first-order valence-electron chi connectivity index (χ1n) is 7.41. The van der Waals surface area contributed by atoms with E-state index in [2.05, 4.69) is 10.0 Å². The van der Waals surface area contributed by atoms with Gasteiger partial charge in [0, 0.05) is 19.6 Å². The Hall–Kier alpha value is -0.170. The number of nitrogens with zero attached hydrogens (tertiary/aromatic N) is 1. The average molecular weight is 291 g/mol. The maximum atomic E-state index is 12.3. The zero-order valence-electron chi connectivity index (χ0n) is 12.5. The first kappa shape index (κ1) is 16.9. The van der Waals surface area contributed by atoms with Gasteiger partial charge in [0.05, 0.1) is 0 Å². The molecular formula is C13H29N3O2S. The summed E-state index contributed by atoms with van der Waals surface area (Å²) in [6, 6.07) is 0. The van der Waals surface area contributed by atoms with Crippen molar-refractivity contribution in [2.75, 3.05) is 32.7 Å². The molecule has 1 aliphatic rings. The molecule has 6 heteroatoms. The number of hydrogen-bond acceptors (Lipinski definition) is 3. The van der Waals surface area contributed by atoms with Crippen LogP contribution in [-0.2, 0) is 10.2 Å². The molecule has 2 N–H and O–H groups in total. The fourth-order valence-corrected chi connectivity index (χ4v) is 3.85. The van der Waals surface area contributed by atoms with Crippen LogP contribution in [0.2, 0.25) is 0 Å². The third kappa shape index (κ3) is 6.21. The van der Waals surface area contributed by atoms with Gasteiger partial charge < -0.3 is 5.32 Å². The minimum Gasteiger partial charge on any atom is -0.316 e. The Morgan fingerprint density at radius 3 is 2.68 bits per heavy atom. The van der Waals surface area contributed by atoms with Gasteiger partial charge in [-0.1, -0.05) is 20.8 Å². The highest BCUT2D eigenvalue weighted by molar-refractivity contribution is 7.87. The van der Waals surface area contributed by atoms with Crippen LogP contribution >= 0.6 is 0 Å². The fourth-order valence-electron chi connectivity index (χ4n) is 2.29. The fraction of sp³-hybridized carbons (Fsp3) is 1.00. The highest BCUT2D eigenvalue weighted by Gasteiger charge is 2.25. The van der Waals surface area contributed by atoms with E-state index in [0.29, 0.717) is 31.5 Å². The van der Waals surface area contributed by atoms with E-state index in [0.717, 1.165) is 32.4 Å². The lowest BCUT2D eigenvalue weighted by atomic mass is 10.00. The Balaban J connectivity index is 2.58. The van der Waals surface area contributed by atoms with E-state index in [-0.39, 0.29) is 0 Å². The number of hydrogen-bond donors (Lipinski definition) is 2. The Labute approximate surface area is 118 Å². The van der Waals surface area contributed by atoms with Crippen molar-refractivity contribution in [1.29, 1.82) is 0 Å². The molecule has 1 aliphatic heterocycles. The topological polar surface area (TPSA) is 61.4 Å². The summed E-state index contributed by atoms with van der Waals surface area (Å²) in [5, 5.41) is 3.34. The van der Waals surface area contributed by atoms with Gasteiger partial charge in [-0.2, -0.15) is 12.7 Å². The van der Waals surface area contributed by atoms with E-state index in [9.17, 15) is 8.42 Å². The Morgan fingerprint density at radius 2 is 2.16 bits per heavy atom. The van der Waals surface area contributed by atoms with Crippen LogP contribution in [0.3, 0.4) is 0 Å².